The number of carbonyl (C=O) groups is 11. The zero-order valence-electron chi connectivity index (χ0n) is 56.9. The molecule has 2 aliphatic rings. The topological polar surface area (TPSA) is 332 Å². The van der Waals surface area contributed by atoms with Crippen molar-refractivity contribution < 1.29 is 72.1 Å². The summed E-state index contributed by atoms with van der Waals surface area (Å²) < 4.78 is 17.6. The van der Waals surface area contributed by atoms with E-state index in [9.17, 15) is 57.8 Å². The number of hydrogen-bond donors (Lipinski definition) is 7. The summed E-state index contributed by atoms with van der Waals surface area (Å²) in [5.41, 5.74) is 7.08. The molecule has 2 aromatic carbocycles. The summed E-state index contributed by atoms with van der Waals surface area (Å²) in [6, 6.07) is 10.2. The summed E-state index contributed by atoms with van der Waals surface area (Å²) in [6.07, 6.45) is 3.23. The number of aliphatic hydroxyl groups excluding tert-OH is 1. The summed E-state index contributed by atoms with van der Waals surface area (Å²) >= 11 is 0. The number of imide groups is 1. The minimum Gasteiger partial charge on any atom is -0.445 e. The Labute approximate surface area is 549 Å². The Morgan fingerprint density at radius 3 is 1.94 bits per heavy atom. The second-order valence-electron chi connectivity index (χ2n) is 25.9. The van der Waals surface area contributed by atoms with Crippen LogP contribution in [-0.2, 0) is 70.4 Å². The Morgan fingerprint density at radius 1 is 0.720 bits per heavy atom. The van der Waals surface area contributed by atoms with E-state index in [-0.39, 0.29) is 98.8 Å². The van der Waals surface area contributed by atoms with Gasteiger partial charge in [0.1, 0.15) is 24.5 Å². The molecule has 1 saturated heterocycles. The first-order valence-corrected chi connectivity index (χ1v) is 32.9. The van der Waals surface area contributed by atoms with Gasteiger partial charge in [-0.15, -0.1) is 0 Å². The van der Waals surface area contributed by atoms with Gasteiger partial charge in [0.25, 0.3) is 11.8 Å². The first-order valence-electron chi connectivity index (χ1n) is 32.9. The number of ether oxygens (including phenoxy) is 3. The molecule has 0 radical (unpaired) electrons. The zero-order chi connectivity index (χ0) is 69.2. The van der Waals surface area contributed by atoms with E-state index in [2.05, 4.69) is 26.6 Å². The van der Waals surface area contributed by atoms with E-state index >= 15 is 0 Å². The molecule has 0 aromatic heterocycles. The van der Waals surface area contributed by atoms with Crippen molar-refractivity contribution in [2.24, 2.45) is 41.2 Å². The molecular formula is C69H105N9O15. The number of primary amides is 1. The lowest BCUT2D eigenvalue weighted by atomic mass is 9.88. The highest BCUT2D eigenvalue weighted by Crippen LogP contribution is 2.31. The molecule has 4 rings (SSSR count). The van der Waals surface area contributed by atoms with Crippen LogP contribution in [0.5, 0.6) is 0 Å². The number of nitrogens with one attached hydrogen (secondary N) is 5. The van der Waals surface area contributed by atoms with E-state index in [0.29, 0.717) is 68.2 Å². The number of rotatable bonds is 40. The van der Waals surface area contributed by atoms with Gasteiger partial charge in [-0.1, -0.05) is 130 Å². The summed E-state index contributed by atoms with van der Waals surface area (Å²) in [5.74, 6) is -5.89. The largest absolute Gasteiger partial charge is 0.445 e. The minimum atomic E-state index is -1.12. The number of methoxy groups -OCH3 is 2. The minimum absolute atomic E-state index is 0.0390. The number of likely N-dealkylation sites (N-methyl/N-ethyl adjacent to an activating group) is 1. The number of urea groups is 1. The highest BCUT2D eigenvalue weighted by atomic mass is 16.5. The molecule has 2 heterocycles. The summed E-state index contributed by atoms with van der Waals surface area (Å²) in [5, 5.41) is 24.8. The van der Waals surface area contributed by atoms with Crippen LogP contribution in [0.1, 0.15) is 163 Å². The van der Waals surface area contributed by atoms with Crippen LogP contribution >= 0.6 is 0 Å². The summed E-state index contributed by atoms with van der Waals surface area (Å²) in [6.45, 7) is 18.8. The number of nitrogens with zero attached hydrogens (tertiary/aromatic N) is 3. The lowest BCUT2D eigenvalue weighted by Crippen LogP contribution is -2.60. The number of unbranched alkanes of at least 4 members (excludes halogenated alkanes) is 2. The number of carbonyl (C=O) groups excluding carboxylic acids is 11. The van der Waals surface area contributed by atoms with E-state index in [1.54, 1.807) is 94.8 Å². The van der Waals surface area contributed by atoms with E-state index in [1.165, 1.54) is 26.4 Å². The van der Waals surface area contributed by atoms with E-state index in [0.717, 1.165) is 4.90 Å². The molecule has 0 bridgehead atoms. The Morgan fingerprint density at radius 2 is 1.35 bits per heavy atom. The third kappa shape index (κ3) is 23.7. The molecule has 12 atom stereocenters. The molecular weight excluding hydrogens is 1190 g/mol. The number of Topliss-reactive ketones (excluding diaryl/α,β-unsaturated/α-hetero) is 2. The highest BCUT2D eigenvalue weighted by molar-refractivity contribution is 6.12. The molecule has 1 unspecified atom stereocenters. The molecule has 8 N–H and O–H groups in total. The van der Waals surface area contributed by atoms with Crippen molar-refractivity contribution in [3.05, 3.63) is 83.4 Å². The Bertz CT molecular complexity index is 2830. The molecule has 0 aliphatic carbocycles. The predicted molar refractivity (Wildman–Crippen MR) is 350 cm³/mol. The average molecular weight is 1300 g/mol. The summed E-state index contributed by atoms with van der Waals surface area (Å²) in [7, 11) is 4.65. The van der Waals surface area contributed by atoms with Crippen molar-refractivity contribution >= 4 is 65.0 Å². The molecule has 1 fully saturated rings. The molecule has 24 heteroatoms. The second-order valence-corrected chi connectivity index (χ2v) is 25.9. The van der Waals surface area contributed by atoms with E-state index in [1.807, 2.05) is 45.9 Å². The fourth-order valence-electron chi connectivity index (χ4n) is 12.1. The van der Waals surface area contributed by atoms with Crippen LogP contribution in [0.25, 0.3) is 0 Å². The maximum Gasteiger partial charge on any atom is 0.408 e. The van der Waals surface area contributed by atoms with Gasteiger partial charge in [-0.05, 0) is 85.8 Å². The van der Waals surface area contributed by atoms with Crippen LogP contribution in [0, 0.1) is 35.5 Å². The number of ketones is 2. The van der Waals surface area contributed by atoms with Crippen molar-refractivity contribution in [3.63, 3.8) is 0 Å². The van der Waals surface area contributed by atoms with Crippen LogP contribution in [0.4, 0.5) is 9.59 Å². The number of likely N-dealkylation sites (tertiary alicyclic amines) is 1. The van der Waals surface area contributed by atoms with Crippen LogP contribution in [0.3, 0.4) is 0 Å². The Kier molecular flexibility index (Phi) is 32.3. The number of hydrogen-bond acceptors (Lipinski definition) is 15. The van der Waals surface area contributed by atoms with Gasteiger partial charge < -0.3 is 61.4 Å². The maximum atomic E-state index is 14.7. The summed E-state index contributed by atoms with van der Waals surface area (Å²) in [4.78, 5) is 151. The maximum absolute atomic E-state index is 14.7. The van der Waals surface area contributed by atoms with Gasteiger partial charge in [0.05, 0.1) is 54.8 Å². The molecule has 0 spiro atoms. The van der Waals surface area contributed by atoms with Crippen molar-refractivity contribution in [1.29, 1.82) is 0 Å². The van der Waals surface area contributed by atoms with Gasteiger partial charge in [-0.3, -0.25) is 48.1 Å². The van der Waals surface area contributed by atoms with Gasteiger partial charge in [-0.2, -0.15) is 0 Å². The average Bonchev–Trinajstić information content (AvgIpc) is 1.94. The first kappa shape index (κ1) is 77.9. The van der Waals surface area contributed by atoms with Crippen LogP contribution in [0.2, 0.25) is 0 Å². The van der Waals surface area contributed by atoms with Crippen molar-refractivity contribution in [2.75, 3.05) is 40.9 Å². The van der Waals surface area contributed by atoms with Crippen LogP contribution < -0.4 is 32.3 Å². The number of amides is 10. The third-order valence-corrected chi connectivity index (χ3v) is 18.0. The van der Waals surface area contributed by atoms with E-state index in [4.69, 9.17) is 19.9 Å². The molecule has 0 saturated carbocycles. The van der Waals surface area contributed by atoms with Crippen molar-refractivity contribution in [3.8, 4) is 0 Å². The lowest BCUT2D eigenvalue weighted by molar-refractivity contribution is -0.148. The van der Waals surface area contributed by atoms with Gasteiger partial charge in [0.15, 0.2) is 5.78 Å². The third-order valence-electron chi connectivity index (χ3n) is 18.0. The first-order chi connectivity index (χ1) is 44.0. The number of benzene rings is 2. The van der Waals surface area contributed by atoms with Crippen molar-refractivity contribution in [1.82, 2.24) is 41.3 Å². The molecule has 516 valence electrons. The fraction of sp³-hybridized carbons (Fsp3) is 0.638. The van der Waals surface area contributed by atoms with Crippen LogP contribution in [-0.4, -0.2) is 174 Å². The van der Waals surface area contributed by atoms with Crippen LogP contribution in [0.15, 0.2) is 66.7 Å². The predicted octanol–water partition coefficient (Wildman–Crippen LogP) is 6.00. The molecule has 2 aromatic rings. The smallest absolute Gasteiger partial charge is 0.408 e. The highest BCUT2D eigenvalue weighted by Gasteiger charge is 2.44. The number of aliphatic hydroxyl groups is 1. The van der Waals surface area contributed by atoms with Gasteiger partial charge >= 0.3 is 12.1 Å². The van der Waals surface area contributed by atoms with Gasteiger partial charge in [0.2, 0.25) is 29.5 Å². The Balaban J connectivity index is 1.35. The number of alkyl carbamates (subject to hydrolysis) is 1. The van der Waals surface area contributed by atoms with Gasteiger partial charge in [0, 0.05) is 78.2 Å². The molecule has 10 amide bonds. The fourth-order valence-corrected chi connectivity index (χ4v) is 12.1. The van der Waals surface area contributed by atoms with Gasteiger partial charge in [-0.25, -0.2) is 9.59 Å². The van der Waals surface area contributed by atoms with E-state index < -0.39 is 108 Å². The molecule has 24 nitrogen and oxygen atoms in total. The molecule has 93 heavy (non-hydrogen) atoms. The quantitative estimate of drug-likeness (QED) is 0.0297. The Hall–Kier alpha value is -7.57. The SMILES string of the molecule is CC[C@H](C)C([C@@H](CC(=O)N1CCC[C@H]1[C@H](OC)[C@@H](C)C(=O)N[C@H](C)[C@@H](O)c1ccccc1)OC)N(C)C(=O)[C@@H](NC(=O)[C@@H](NC(=O)OCc1ccc(CC(=O)[C@H](CCCNC(N)=O)NC(=O)[C@@H](CC(=O)CCCCCN2C(=O)C=CC2=O)C(C)C)cc1)C(C)C)C(C)C. The lowest BCUT2D eigenvalue weighted by Gasteiger charge is -2.41. The zero-order valence-corrected chi connectivity index (χ0v) is 56.9. The second kappa shape index (κ2) is 38.6. The monoisotopic (exact) mass is 1300 g/mol. The van der Waals surface area contributed by atoms with Crippen molar-refractivity contribution in [2.45, 2.75) is 207 Å². The normalized spacial score (nSPS) is 17.5. The number of nitrogens with two attached hydrogens (primary N) is 1. The molecule has 2 aliphatic heterocycles. The standard InChI is InChI=1S/C69H105N9O15/c1-14-44(8)61(55(91-12)39-58(83)77-36-22-27-53(77)63(92-13)45(9)64(85)72-46(10)62(84)49-23-17-15-18-24-49)76(11)67(88)60(43(6)7)74-66(87)59(42(4)5)75-69(90)93-40-48-30-28-47(29-31-48)37-54(80)52(26-21-34-71-68(70)89)73-65(86)51(41(2)3)38-50(79)25-19-16-20-35-78-56(81)32-33-57(78)82/h15,17-18,23-24,28-33,41-46,51-53,55,59-63,84H,14,16,19-22,25-27,34-40H2,1-13H3,(H,72,85)(H,73,86)(H,74,87)(H,75,90)(H3,70,71,89)/t44-,45+,46+,51-,52-,53-,55+,59-,60-,61?,62+,63+/m0/s1.